The van der Waals surface area contributed by atoms with Crippen molar-refractivity contribution < 1.29 is 4.74 Å². The summed E-state index contributed by atoms with van der Waals surface area (Å²) in [6, 6.07) is 5.66. The van der Waals surface area contributed by atoms with Crippen molar-refractivity contribution in [3.63, 3.8) is 0 Å². The Hall–Kier alpha value is -0.400. The number of benzene rings is 1. The summed E-state index contributed by atoms with van der Waals surface area (Å²) >= 11 is 11.3. The van der Waals surface area contributed by atoms with Crippen LogP contribution in [0.5, 0.6) is 5.75 Å². The Labute approximate surface area is 82.2 Å². The van der Waals surface area contributed by atoms with Gasteiger partial charge < -0.3 is 4.74 Å². The van der Waals surface area contributed by atoms with Gasteiger partial charge in [0.1, 0.15) is 12.4 Å². The lowest BCUT2D eigenvalue weighted by Gasteiger charge is -2.06. The summed E-state index contributed by atoms with van der Waals surface area (Å²) in [7, 11) is 0. The first-order valence-electron chi connectivity index (χ1n) is 3.69. The molecule has 0 fully saturated rings. The standard InChI is InChI=1S/C9H10Cl2O/c1-7-2-3-8(11)9(6-7)12-5-4-10/h2-3,6H,4-5H2,1H3. The fourth-order valence-electron chi connectivity index (χ4n) is 0.870. The predicted molar refractivity (Wildman–Crippen MR) is 52.4 cm³/mol. The molecule has 0 aliphatic heterocycles. The van der Waals surface area contributed by atoms with E-state index in [1.54, 1.807) is 0 Å². The summed E-state index contributed by atoms with van der Waals surface area (Å²) < 4.78 is 5.30. The average molecular weight is 205 g/mol. The molecule has 0 atom stereocenters. The summed E-state index contributed by atoms with van der Waals surface area (Å²) in [5, 5.41) is 0.630. The molecule has 0 N–H and O–H groups in total. The van der Waals surface area contributed by atoms with Gasteiger partial charge in [0.05, 0.1) is 10.9 Å². The molecule has 0 radical (unpaired) electrons. The van der Waals surface area contributed by atoms with Crippen molar-refractivity contribution in [3.05, 3.63) is 28.8 Å². The summed E-state index contributed by atoms with van der Waals surface area (Å²) in [5.41, 5.74) is 1.13. The molecule has 0 amide bonds. The quantitative estimate of drug-likeness (QED) is 0.688. The second-order valence-corrected chi connectivity index (χ2v) is 3.26. The molecule has 0 spiro atoms. The van der Waals surface area contributed by atoms with Crippen LogP contribution < -0.4 is 4.74 Å². The zero-order chi connectivity index (χ0) is 8.97. The number of hydrogen-bond acceptors (Lipinski definition) is 1. The number of rotatable bonds is 3. The lowest BCUT2D eigenvalue weighted by Crippen LogP contribution is -1.98. The Kier molecular flexibility index (Phi) is 3.70. The smallest absolute Gasteiger partial charge is 0.138 e. The van der Waals surface area contributed by atoms with Crippen LogP contribution >= 0.6 is 23.2 Å². The van der Waals surface area contributed by atoms with Crippen molar-refractivity contribution in [2.45, 2.75) is 6.92 Å². The van der Waals surface area contributed by atoms with E-state index in [9.17, 15) is 0 Å². The molecule has 3 heteroatoms. The monoisotopic (exact) mass is 204 g/mol. The molecular formula is C9H10Cl2O. The number of aryl methyl sites for hydroxylation is 1. The average Bonchev–Trinajstić information content (AvgIpc) is 2.07. The van der Waals surface area contributed by atoms with E-state index in [1.165, 1.54) is 0 Å². The third kappa shape index (κ3) is 2.58. The van der Waals surface area contributed by atoms with Gasteiger partial charge in [0.2, 0.25) is 0 Å². The van der Waals surface area contributed by atoms with Crippen LogP contribution in [-0.4, -0.2) is 12.5 Å². The molecule has 0 saturated heterocycles. The van der Waals surface area contributed by atoms with E-state index in [0.29, 0.717) is 23.3 Å². The van der Waals surface area contributed by atoms with E-state index in [4.69, 9.17) is 27.9 Å². The third-order valence-corrected chi connectivity index (χ3v) is 1.89. The molecule has 0 saturated carbocycles. The van der Waals surface area contributed by atoms with Crippen molar-refractivity contribution in [2.24, 2.45) is 0 Å². The number of alkyl halides is 1. The van der Waals surface area contributed by atoms with E-state index in [2.05, 4.69) is 0 Å². The lowest BCUT2D eigenvalue weighted by atomic mass is 10.2. The maximum Gasteiger partial charge on any atom is 0.138 e. The molecule has 1 nitrogen and oxygen atoms in total. The SMILES string of the molecule is Cc1ccc(Cl)c(OCCCl)c1. The first kappa shape index (κ1) is 9.69. The van der Waals surface area contributed by atoms with Gasteiger partial charge in [-0.2, -0.15) is 0 Å². The van der Waals surface area contributed by atoms with Crippen LogP contribution in [0.1, 0.15) is 5.56 Å². The highest BCUT2D eigenvalue weighted by atomic mass is 35.5. The fraction of sp³-hybridized carbons (Fsp3) is 0.333. The van der Waals surface area contributed by atoms with Gasteiger partial charge in [0, 0.05) is 0 Å². The van der Waals surface area contributed by atoms with Crippen LogP contribution in [0, 0.1) is 6.92 Å². The van der Waals surface area contributed by atoms with Gasteiger partial charge in [-0.05, 0) is 24.6 Å². The highest BCUT2D eigenvalue weighted by Gasteiger charge is 1.99. The van der Waals surface area contributed by atoms with Gasteiger partial charge in [0.25, 0.3) is 0 Å². The van der Waals surface area contributed by atoms with E-state index in [-0.39, 0.29) is 0 Å². The summed E-state index contributed by atoms with van der Waals surface area (Å²) in [6.45, 7) is 2.48. The molecule has 1 aromatic rings. The van der Waals surface area contributed by atoms with E-state index >= 15 is 0 Å². The van der Waals surface area contributed by atoms with Gasteiger partial charge in [-0.3, -0.25) is 0 Å². The van der Waals surface area contributed by atoms with Crippen molar-refractivity contribution in [1.82, 2.24) is 0 Å². The van der Waals surface area contributed by atoms with Crippen LogP contribution in [-0.2, 0) is 0 Å². The first-order valence-corrected chi connectivity index (χ1v) is 4.60. The van der Waals surface area contributed by atoms with Gasteiger partial charge in [0.15, 0.2) is 0 Å². The Morgan fingerprint density at radius 3 is 2.83 bits per heavy atom. The van der Waals surface area contributed by atoms with Crippen molar-refractivity contribution >= 4 is 23.2 Å². The van der Waals surface area contributed by atoms with Crippen LogP contribution in [0.3, 0.4) is 0 Å². The lowest BCUT2D eigenvalue weighted by molar-refractivity contribution is 0.343. The normalized spacial score (nSPS) is 9.92. The minimum Gasteiger partial charge on any atom is -0.491 e. The van der Waals surface area contributed by atoms with E-state index in [0.717, 1.165) is 5.56 Å². The van der Waals surface area contributed by atoms with Crippen molar-refractivity contribution in [1.29, 1.82) is 0 Å². The highest BCUT2D eigenvalue weighted by molar-refractivity contribution is 6.32. The van der Waals surface area contributed by atoms with Crippen LogP contribution in [0.15, 0.2) is 18.2 Å². The fourth-order valence-corrected chi connectivity index (χ4v) is 1.12. The Morgan fingerprint density at radius 2 is 2.17 bits per heavy atom. The number of hydrogen-bond donors (Lipinski definition) is 0. The largest absolute Gasteiger partial charge is 0.491 e. The van der Waals surface area contributed by atoms with E-state index < -0.39 is 0 Å². The van der Waals surface area contributed by atoms with Crippen molar-refractivity contribution in [2.75, 3.05) is 12.5 Å². The summed E-state index contributed by atoms with van der Waals surface area (Å²) in [5.74, 6) is 1.18. The zero-order valence-electron chi connectivity index (χ0n) is 6.81. The molecule has 0 unspecified atom stereocenters. The van der Waals surface area contributed by atoms with Crippen molar-refractivity contribution in [3.8, 4) is 5.75 Å². The second-order valence-electron chi connectivity index (χ2n) is 2.47. The maximum atomic E-state index is 5.86. The highest BCUT2D eigenvalue weighted by Crippen LogP contribution is 2.24. The molecule has 0 aliphatic rings. The predicted octanol–water partition coefficient (Wildman–Crippen LogP) is 3.27. The van der Waals surface area contributed by atoms with Crippen LogP contribution in [0.4, 0.5) is 0 Å². The first-order chi connectivity index (χ1) is 5.74. The summed E-state index contributed by atoms with van der Waals surface area (Å²) in [4.78, 5) is 0. The topological polar surface area (TPSA) is 9.23 Å². The molecule has 0 heterocycles. The molecule has 0 aliphatic carbocycles. The second kappa shape index (κ2) is 4.58. The molecule has 0 bridgehead atoms. The Bertz CT molecular complexity index is 261. The molecule has 12 heavy (non-hydrogen) atoms. The molecule has 1 aromatic carbocycles. The molecular weight excluding hydrogens is 195 g/mol. The number of ether oxygens (including phenoxy) is 1. The Balaban J connectivity index is 2.75. The van der Waals surface area contributed by atoms with Gasteiger partial charge in [-0.1, -0.05) is 17.7 Å². The molecule has 66 valence electrons. The molecule has 0 aromatic heterocycles. The molecule has 1 rings (SSSR count). The minimum atomic E-state index is 0.476. The van der Waals surface area contributed by atoms with Gasteiger partial charge in [-0.25, -0.2) is 0 Å². The van der Waals surface area contributed by atoms with Gasteiger partial charge in [-0.15, -0.1) is 11.6 Å². The number of halogens is 2. The Morgan fingerprint density at radius 1 is 1.42 bits per heavy atom. The van der Waals surface area contributed by atoms with E-state index in [1.807, 2.05) is 25.1 Å². The van der Waals surface area contributed by atoms with Crippen LogP contribution in [0.2, 0.25) is 5.02 Å². The van der Waals surface area contributed by atoms with Gasteiger partial charge >= 0.3 is 0 Å². The zero-order valence-corrected chi connectivity index (χ0v) is 8.32. The third-order valence-electron chi connectivity index (χ3n) is 1.42. The minimum absolute atomic E-state index is 0.476. The summed E-state index contributed by atoms with van der Waals surface area (Å²) in [6.07, 6.45) is 0. The van der Waals surface area contributed by atoms with Crippen LogP contribution in [0.25, 0.3) is 0 Å². The maximum absolute atomic E-state index is 5.86.